The summed E-state index contributed by atoms with van der Waals surface area (Å²) in [5, 5.41) is 25.9. The molecular formula is C49H30N2. The summed E-state index contributed by atoms with van der Waals surface area (Å²) in [7, 11) is 0. The maximum absolute atomic E-state index is 10.6. The number of nitriles is 2. The summed E-state index contributed by atoms with van der Waals surface area (Å²) in [5.41, 5.74) is 16.6. The van der Waals surface area contributed by atoms with E-state index in [1.54, 1.807) is 0 Å². The van der Waals surface area contributed by atoms with Crippen molar-refractivity contribution in [3.8, 4) is 78.9 Å². The highest BCUT2D eigenvalue weighted by Gasteiger charge is 2.36. The molecule has 51 heavy (non-hydrogen) atoms. The molecule has 236 valence electrons. The van der Waals surface area contributed by atoms with Gasteiger partial charge in [0, 0.05) is 16.5 Å². The van der Waals surface area contributed by atoms with Crippen LogP contribution in [0.2, 0.25) is 0 Å². The first-order valence-corrected chi connectivity index (χ1v) is 17.4. The van der Waals surface area contributed by atoms with E-state index in [0.29, 0.717) is 11.1 Å². The fraction of sp³-hybridized carbons (Fsp3) is 0.0612. The van der Waals surface area contributed by atoms with Crippen LogP contribution in [0.3, 0.4) is 0 Å². The van der Waals surface area contributed by atoms with Crippen LogP contribution in [0.1, 0.15) is 36.1 Å². The van der Waals surface area contributed by atoms with Gasteiger partial charge in [-0.05, 0) is 119 Å². The summed E-state index contributed by atoms with van der Waals surface area (Å²) in [6.07, 6.45) is 0. The number of fused-ring (bicyclic) bond motifs is 7. The van der Waals surface area contributed by atoms with E-state index >= 15 is 0 Å². The van der Waals surface area contributed by atoms with E-state index in [1.165, 1.54) is 71.8 Å². The third-order valence-corrected chi connectivity index (χ3v) is 11.3. The summed E-state index contributed by atoms with van der Waals surface area (Å²) < 4.78 is 0. The predicted octanol–water partition coefficient (Wildman–Crippen LogP) is 12.7. The number of benzene rings is 8. The van der Waals surface area contributed by atoms with Crippen LogP contribution in [0.25, 0.3) is 88.3 Å². The lowest BCUT2D eigenvalue weighted by Crippen LogP contribution is -2.15. The Balaban J connectivity index is 1.07. The molecule has 2 aliphatic rings. The van der Waals surface area contributed by atoms with Crippen molar-refractivity contribution >= 4 is 21.5 Å². The summed E-state index contributed by atoms with van der Waals surface area (Å²) >= 11 is 0. The number of hydrogen-bond acceptors (Lipinski definition) is 2. The zero-order chi connectivity index (χ0) is 34.4. The first-order chi connectivity index (χ1) is 24.9. The molecule has 0 heterocycles. The average Bonchev–Trinajstić information content (AvgIpc) is 3.62. The lowest BCUT2D eigenvalue weighted by molar-refractivity contribution is 0.661. The summed E-state index contributed by atoms with van der Waals surface area (Å²) in [4.78, 5) is 0. The quantitative estimate of drug-likeness (QED) is 0.192. The van der Waals surface area contributed by atoms with Gasteiger partial charge in [0.1, 0.15) is 0 Å². The smallest absolute Gasteiger partial charge is 0.0998 e. The van der Waals surface area contributed by atoms with Gasteiger partial charge in [-0.1, -0.05) is 129 Å². The first-order valence-electron chi connectivity index (χ1n) is 17.4. The highest BCUT2D eigenvalue weighted by molar-refractivity contribution is 6.19. The normalized spacial score (nSPS) is 13.0. The molecule has 10 rings (SSSR count). The number of rotatable bonds is 3. The Morgan fingerprint density at radius 3 is 1.67 bits per heavy atom. The van der Waals surface area contributed by atoms with Gasteiger partial charge in [-0.3, -0.25) is 0 Å². The second-order valence-electron chi connectivity index (χ2n) is 14.3. The van der Waals surface area contributed by atoms with Gasteiger partial charge in [0.05, 0.1) is 23.3 Å². The number of nitrogens with zero attached hydrogens (tertiary/aromatic N) is 2. The SMILES string of the molecule is CC1(C)c2cc(-c3ccc4ccccc4c3)ccc2-c2ccc(-c3cc(C#N)c(-c4ccc5c6c(cccc46)-c4ccccc4-5)cc3C#N)cc21. The molecule has 2 aliphatic carbocycles. The predicted molar refractivity (Wildman–Crippen MR) is 209 cm³/mol. The summed E-state index contributed by atoms with van der Waals surface area (Å²) in [6, 6.07) is 56.5. The Labute approximate surface area is 297 Å². The van der Waals surface area contributed by atoms with Gasteiger partial charge in [-0.15, -0.1) is 0 Å². The Kier molecular flexibility index (Phi) is 6.09. The van der Waals surface area contributed by atoms with Crippen molar-refractivity contribution in [2.75, 3.05) is 0 Å². The van der Waals surface area contributed by atoms with E-state index < -0.39 is 0 Å². The van der Waals surface area contributed by atoms with Crippen LogP contribution in [0, 0.1) is 22.7 Å². The topological polar surface area (TPSA) is 47.6 Å². The van der Waals surface area contributed by atoms with Crippen LogP contribution in [0.15, 0.2) is 146 Å². The van der Waals surface area contributed by atoms with Gasteiger partial charge in [-0.25, -0.2) is 0 Å². The lowest BCUT2D eigenvalue weighted by Gasteiger charge is -2.23. The second kappa shape index (κ2) is 10.6. The Hall–Kier alpha value is -6.74. The molecule has 2 heteroatoms. The van der Waals surface area contributed by atoms with Crippen LogP contribution in [-0.4, -0.2) is 0 Å². The monoisotopic (exact) mass is 646 g/mol. The molecular weight excluding hydrogens is 617 g/mol. The van der Waals surface area contributed by atoms with E-state index in [9.17, 15) is 10.5 Å². The Bertz CT molecular complexity index is 2880. The van der Waals surface area contributed by atoms with Gasteiger partial charge in [-0.2, -0.15) is 10.5 Å². The molecule has 0 radical (unpaired) electrons. The van der Waals surface area contributed by atoms with E-state index in [-0.39, 0.29) is 5.41 Å². The molecule has 0 N–H and O–H groups in total. The highest BCUT2D eigenvalue weighted by atomic mass is 14.4. The van der Waals surface area contributed by atoms with Crippen LogP contribution in [-0.2, 0) is 5.41 Å². The van der Waals surface area contributed by atoms with Gasteiger partial charge in [0.15, 0.2) is 0 Å². The van der Waals surface area contributed by atoms with E-state index in [0.717, 1.165) is 27.6 Å². The highest BCUT2D eigenvalue weighted by Crippen LogP contribution is 2.52. The Morgan fingerprint density at radius 1 is 0.392 bits per heavy atom. The zero-order valence-electron chi connectivity index (χ0n) is 28.3. The van der Waals surface area contributed by atoms with E-state index in [2.05, 4.69) is 159 Å². The van der Waals surface area contributed by atoms with Crippen LogP contribution >= 0.6 is 0 Å². The van der Waals surface area contributed by atoms with Crippen LogP contribution < -0.4 is 0 Å². The van der Waals surface area contributed by atoms with Crippen molar-refractivity contribution in [2.45, 2.75) is 19.3 Å². The average molecular weight is 647 g/mol. The molecule has 2 nitrogen and oxygen atoms in total. The summed E-state index contributed by atoms with van der Waals surface area (Å²) in [5.74, 6) is 0. The minimum atomic E-state index is -0.249. The largest absolute Gasteiger partial charge is 0.192 e. The lowest BCUT2D eigenvalue weighted by atomic mass is 9.80. The van der Waals surface area contributed by atoms with E-state index in [4.69, 9.17) is 0 Å². The summed E-state index contributed by atoms with van der Waals surface area (Å²) in [6.45, 7) is 4.57. The molecule has 0 saturated carbocycles. The van der Waals surface area contributed by atoms with Gasteiger partial charge >= 0.3 is 0 Å². The standard InChI is InChI=1S/C49H30N2/c1-49(2)46-25-32(31-15-14-29-8-3-4-9-30(29)22-31)16-18-39(46)40-19-17-33(26-47(40)49)44-23-35(28-51)45(24-34(44)27-50)38-20-21-43-37-11-6-5-10-36(37)41-12-7-13-42(38)48(41)43/h3-26H,1-2H3. The minimum absolute atomic E-state index is 0.249. The molecule has 0 spiro atoms. The van der Waals surface area contributed by atoms with Crippen molar-refractivity contribution < 1.29 is 0 Å². The molecule has 0 unspecified atom stereocenters. The van der Waals surface area contributed by atoms with E-state index in [1.807, 2.05) is 12.1 Å². The molecule has 0 bridgehead atoms. The first kappa shape index (κ1) is 29.2. The number of hydrogen-bond donors (Lipinski definition) is 0. The molecule has 0 saturated heterocycles. The van der Waals surface area contributed by atoms with Gasteiger partial charge < -0.3 is 0 Å². The maximum atomic E-state index is 10.6. The molecule has 0 atom stereocenters. The molecule has 0 amide bonds. The van der Waals surface area contributed by atoms with Crippen molar-refractivity contribution in [3.05, 3.63) is 168 Å². The molecule has 8 aromatic rings. The fourth-order valence-corrected chi connectivity index (χ4v) is 8.74. The van der Waals surface area contributed by atoms with Crippen molar-refractivity contribution in [3.63, 3.8) is 0 Å². The second-order valence-corrected chi connectivity index (χ2v) is 14.3. The third-order valence-electron chi connectivity index (χ3n) is 11.3. The molecule has 0 aliphatic heterocycles. The Morgan fingerprint density at radius 2 is 0.922 bits per heavy atom. The van der Waals surface area contributed by atoms with Gasteiger partial charge in [0.2, 0.25) is 0 Å². The van der Waals surface area contributed by atoms with Crippen LogP contribution in [0.5, 0.6) is 0 Å². The molecule has 0 aromatic heterocycles. The maximum Gasteiger partial charge on any atom is 0.0998 e. The zero-order valence-corrected chi connectivity index (χ0v) is 28.3. The molecule has 8 aromatic carbocycles. The third kappa shape index (κ3) is 4.15. The minimum Gasteiger partial charge on any atom is -0.192 e. The van der Waals surface area contributed by atoms with Crippen molar-refractivity contribution in [2.24, 2.45) is 0 Å². The van der Waals surface area contributed by atoms with Gasteiger partial charge in [0.25, 0.3) is 0 Å². The molecule has 0 fully saturated rings. The van der Waals surface area contributed by atoms with Crippen molar-refractivity contribution in [1.82, 2.24) is 0 Å². The van der Waals surface area contributed by atoms with Crippen LogP contribution in [0.4, 0.5) is 0 Å². The fourth-order valence-electron chi connectivity index (χ4n) is 8.74. The van der Waals surface area contributed by atoms with Crippen molar-refractivity contribution in [1.29, 1.82) is 10.5 Å².